The molecule has 0 aromatic heterocycles. The Labute approximate surface area is 143 Å². The Hall–Kier alpha value is -2.15. The molecule has 0 unspecified atom stereocenters. The van der Waals surface area contributed by atoms with Crippen LogP contribution in [0.4, 0.5) is 0 Å². The Morgan fingerprint density at radius 2 is 1.96 bits per heavy atom. The van der Waals surface area contributed by atoms with Gasteiger partial charge in [0.15, 0.2) is 0 Å². The molecule has 0 bridgehead atoms. The molecule has 0 radical (unpaired) electrons. The molecule has 6 nitrogen and oxygen atoms in total. The molecule has 2 aliphatic heterocycles. The van der Waals surface area contributed by atoms with Crippen LogP contribution in [0, 0.1) is 10.1 Å². The van der Waals surface area contributed by atoms with Crippen molar-refractivity contribution in [2.24, 2.45) is 0 Å². The van der Waals surface area contributed by atoms with E-state index < -0.39 is 17.7 Å². The first-order valence-electron chi connectivity index (χ1n) is 7.58. The number of para-hydroxylation sites is 1. The van der Waals surface area contributed by atoms with Crippen LogP contribution < -0.4 is 4.74 Å². The Morgan fingerprint density at radius 1 is 1.25 bits per heavy atom. The third-order valence-electron chi connectivity index (χ3n) is 4.61. The number of likely N-dealkylation sites (N-methyl/N-ethyl adjacent to an activating group) is 1. The summed E-state index contributed by atoms with van der Waals surface area (Å²) < 4.78 is 6.05. The number of hydroxylamine groups is 2. The van der Waals surface area contributed by atoms with Gasteiger partial charge in [-0.1, -0.05) is 41.9 Å². The third kappa shape index (κ3) is 2.11. The lowest BCUT2D eigenvalue weighted by molar-refractivity contribution is -0.655. The molecule has 0 amide bonds. The highest BCUT2D eigenvalue weighted by Crippen LogP contribution is 2.54. The fraction of sp³-hybridized carbons (Fsp3) is 0.294. The number of nitro groups is 1. The molecular weight excluding hydrogens is 332 g/mol. The van der Waals surface area contributed by atoms with Gasteiger partial charge in [-0.05, 0) is 18.2 Å². The third-order valence-corrected chi connectivity index (χ3v) is 4.87. The van der Waals surface area contributed by atoms with Gasteiger partial charge in [-0.25, -0.2) is 4.84 Å². The van der Waals surface area contributed by atoms with Crippen LogP contribution in [0.15, 0.2) is 48.5 Å². The van der Waals surface area contributed by atoms with Crippen molar-refractivity contribution in [1.82, 2.24) is 5.06 Å². The minimum atomic E-state index is -1.70. The summed E-state index contributed by atoms with van der Waals surface area (Å²) in [5.41, 5.74) is -0.244. The van der Waals surface area contributed by atoms with Crippen LogP contribution in [0.2, 0.25) is 5.02 Å². The van der Waals surface area contributed by atoms with Gasteiger partial charge in [-0.15, -0.1) is 0 Å². The minimum absolute atomic E-state index is 0.365. The maximum absolute atomic E-state index is 12.1. The summed E-state index contributed by atoms with van der Waals surface area (Å²) in [6.45, 7) is 0.422. The number of rotatable bonds is 2. The highest BCUT2D eigenvalue weighted by Gasteiger charge is 2.68. The van der Waals surface area contributed by atoms with Gasteiger partial charge >= 0.3 is 5.72 Å². The quantitative estimate of drug-likeness (QED) is 0.616. The van der Waals surface area contributed by atoms with E-state index in [1.54, 1.807) is 31.3 Å². The maximum Gasteiger partial charge on any atom is 0.389 e. The normalized spacial score (nSPS) is 28.8. The van der Waals surface area contributed by atoms with E-state index in [2.05, 4.69) is 0 Å². The zero-order chi connectivity index (χ0) is 16.9. The number of ether oxygens (including phenoxy) is 1. The second kappa shape index (κ2) is 5.44. The Bertz CT molecular complexity index is 797. The van der Waals surface area contributed by atoms with E-state index in [-0.39, 0.29) is 4.92 Å². The molecule has 3 atom stereocenters. The lowest BCUT2D eigenvalue weighted by Crippen LogP contribution is -2.53. The summed E-state index contributed by atoms with van der Waals surface area (Å²) in [4.78, 5) is 17.5. The molecule has 2 aromatic rings. The molecule has 4 rings (SSSR count). The Kier molecular flexibility index (Phi) is 3.49. The molecule has 2 aliphatic rings. The van der Waals surface area contributed by atoms with Crippen molar-refractivity contribution in [1.29, 1.82) is 0 Å². The topological polar surface area (TPSA) is 64.8 Å². The summed E-state index contributed by atoms with van der Waals surface area (Å²) in [5.74, 6) is 0.224. The maximum atomic E-state index is 12.1. The van der Waals surface area contributed by atoms with Gasteiger partial charge in [0.2, 0.25) is 6.10 Å². The number of benzene rings is 2. The zero-order valence-electron chi connectivity index (χ0n) is 12.9. The highest BCUT2D eigenvalue weighted by molar-refractivity contribution is 6.30. The summed E-state index contributed by atoms with van der Waals surface area (Å²) in [6, 6.07) is 14.3. The minimum Gasteiger partial charge on any atom is -0.475 e. The molecule has 0 spiro atoms. The van der Waals surface area contributed by atoms with E-state index in [9.17, 15) is 10.1 Å². The van der Waals surface area contributed by atoms with Crippen LogP contribution in [0.3, 0.4) is 0 Å². The van der Waals surface area contributed by atoms with Crippen LogP contribution in [-0.2, 0) is 4.84 Å². The van der Waals surface area contributed by atoms with Gasteiger partial charge in [-0.2, -0.15) is 5.06 Å². The largest absolute Gasteiger partial charge is 0.475 e. The van der Waals surface area contributed by atoms with Crippen molar-refractivity contribution in [2.45, 2.75) is 17.7 Å². The molecule has 1 fully saturated rings. The van der Waals surface area contributed by atoms with Crippen molar-refractivity contribution in [2.75, 3.05) is 13.6 Å². The van der Waals surface area contributed by atoms with Crippen molar-refractivity contribution >= 4 is 11.6 Å². The van der Waals surface area contributed by atoms with Gasteiger partial charge in [0.05, 0.1) is 4.92 Å². The fourth-order valence-corrected chi connectivity index (χ4v) is 3.70. The molecule has 124 valence electrons. The van der Waals surface area contributed by atoms with Crippen molar-refractivity contribution < 1.29 is 14.5 Å². The Morgan fingerprint density at radius 3 is 2.67 bits per heavy atom. The fourth-order valence-electron chi connectivity index (χ4n) is 3.58. The second-order valence-electron chi connectivity index (χ2n) is 6.05. The van der Waals surface area contributed by atoms with Crippen LogP contribution in [0.25, 0.3) is 0 Å². The molecule has 0 saturated carbocycles. The molecule has 0 N–H and O–H groups in total. The zero-order valence-corrected chi connectivity index (χ0v) is 13.6. The predicted molar refractivity (Wildman–Crippen MR) is 87.4 cm³/mol. The molecule has 7 heteroatoms. The van der Waals surface area contributed by atoms with E-state index in [0.717, 1.165) is 5.56 Å². The number of halogens is 1. The first-order valence-corrected chi connectivity index (χ1v) is 7.96. The lowest BCUT2D eigenvalue weighted by atomic mass is 9.80. The summed E-state index contributed by atoms with van der Waals surface area (Å²) in [7, 11) is 1.70. The van der Waals surface area contributed by atoms with Gasteiger partial charge in [-0.3, -0.25) is 10.1 Å². The van der Waals surface area contributed by atoms with Crippen LogP contribution in [-0.4, -0.2) is 29.3 Å². The average Bonchev–Trinajstić information content (AvgIpc) is 2.93. The van der Waals surface area contributed by atoms with E-state index >= 15 is 0 Å². The average molecular weight is 347 g/mol. The van der Waals surface area contributed by atoms with E-state index in [4.69, 9.17) is 21.2 Å². The molecule has 1 saturated heterocycles. The van der Waals surface area contributed by atoms with Gasteiger partial charge in [0.1, 0.15) is 11.7 Å². The van der Waals surface area contributed by atoms with E-state index in [1.807, 2.05) is 24.3 Å². The predicted octanol–water partition coefficient (Wildman–Crippen LogP) is 3.41. The number of hydrogen-bond donors (Lipinski definition) is 0. The van der Waals surface area contributed by atoms with E-state index in [1.165, 1.54) is 5.06 Å². The van der Waals surface area contributed by atoms with Crippen LogP contribution in [0.5, 0.6) is 5.75 Å². The van der Waals surface area contributed by atoms with Crippen LogP contribution in [0.1, 0.15) is 23.1 Å². The molecule has 2 aromatic carbocycles. The number of nitrogens with zero attached hydrogens (tertiary/aromatic N) is 2. The summed E-state index contributed by atoms with van der Waals surface area (Å²) in [5, 5.41) is 14.2. The summed E-state index contributed by atoms with van der Waals surface area (Å²) >= 11 is 5.95. The summed E-state index contributed by atoms with van der Waals surface area (Å²) in [6.07, 6.45) is -0.866. The number of hydrogen-bond acceptors (Lipinski definition) is 5. The Balaban J connectivity index is 1.92. The standard InChI is InChI=1S/C17H15ClN2O4/c1-19-10-14-13-4-2-3-5-15(13)23-16(17(14,24-19)20(21)22)11-6-8-12(18)9-7-11/h2-9,14,16H,10H2,1H3/t14-,16-,17-/m1/s1. The lowest BCUT2D eigenvalue weighted by Gasteiger charge is -2.37. The van der Waals surface area contributed by atoms with E-state index in [0.29, 0.717) is 22.9 Å². The first-order chi connectivity index (χ1) is 11.5. The number of fused-ring (bicyclic) bond motifs is 3. The first kappa shape index (κ1) is 15.4. The van der Waals surface area contributed by atoms with Gasteiger partial charge < -0.3 is 4.74 Å². The molecule has 2 heterocycles. The smallest absolute Gasteiger partial charge is 0.389 e. The SMILES string of the molecule is CN1C[C@@H]2c3ccccc3O[C@H](c3ccc(Cl)cc3)[C@]2([N+](=O)[O-])O1. The van der Waals surface area contributed by atoms with Crippen molar-refractivity contribution in [3.05, 3.63) is 74.8 Å². The monoisotopic (exact) mass is 346 g/mol. The molecule has 0 aliphatic carbocycles. The second-order valence-corrected chi connectivity index (χ2v) is 6.49. The molecular formula is C17H15ClN2O4. The van der Waals surface area contributed by atoms with Crippen molar-refractivity contribution in [3.8, 4) is 5.75 Å². The highest BCUT2D eigenvalue weighted by atomic mass is 35.5. The molecule has 24 heavy (non-hydrogen) atoms. The van der Waals surface area contributed by atoms with Crippen LogP contribution >= 0.6 is 11.6 Å². The van der Waals surface area contributed by atoms with Gasteiger partial charge in [0.25, 0.3) is 0 Å². The van der Waals surface area contributed by atoms with Crippen molar-refractivity contribution in [3.63, 3.8) is 0 Å². The van der Waals surface area contributed by atoms with Gasteiger partial charge in [0, 0.05) is 29.7 Å².